The van der Waals surface area contributed by atoms with Gasteiger partial charge in [-0.1, -0.05) is 59.6 Å². The van der Waals surface area contributed by atoms with E-state index in [2.05, 4.69) is 10.0 Å². The number of rotatable bonds is 8. The number of ether oxygens (including phenoxy) is 1. The first-order valence-corrected chi connectivity index (χ1v) is 11.5. The van der Waals surface area contributed by atoms with E-state index in [4.69, 9.17) is 27.9 Å². The fourth-order valence-electron chi connectivity index (χ4n) is 2.88. The molecule has 162 valence electrons. The van der Waals surface area contributed by atoms with Crippen LogP contribution in [0.4, 0.5) is 5.69 Å². The fourth-order valence-corrected chi connectivity index (χ4v) is 4.56. The average Bonchev–Trinajstić information content (AvgIpc) is 2.76. The second kappa shape index (κ2) is 10.2. The first kappa shape index (κ1) is 23.1. The maximum Gasteiger partial charge on any atom is 0.242 e. The van der Waals surface area contributed by atoms with Gasteiger partial charge in [-0.3, -0.25) is 4.79 Å². The van der Waals surface area contributed by atoms with Gasteiger partial charge in [-0.05, 0) is 48.4 Å². The number of sulfonamides is 1. The average molecular weight is 479 g/mol. The predicted molar refractivity (Wildman–Crippen MR) is 122 cm³/mol. The number of carbonyl (C=O) groups is 1. The molecule has 0 aliphatic carbocycles. The van der Waals surface area contributed by atoms with Gasteiger partial charge in [-0.25, -0.2) is 8.42 Å². The Labute approximate surface area is 191 Å². The van der Waals surface area contributed by atoms with Gasteiger partial charge in [-0.2, -0.15) is 4.72 Å². The molecule has 3 aromatic carbocycles. The lowest BCUT2D eigenvalue weighted by atomic mass is 10.1. The summed E-state index contributed by atoms with van der Waals surface area (Å²) in [6.45, 7) is 0. The number of benzene rings is 3. The van der Waals surface area contributed by atoms with Crippen molar-refractivity contribution in [2.24, 2.45) is 0 Å². The van der Waals surface area contributed by atoms with Crippen LogP contribution in [0.3, 0.4) is 0 Å². The molecule has 6 nitrogen and oxygen atoms in total. The molecule has 2 N–H and O–H groups in total. The number of para-hydroxylation sites is 1. The lowest BCUT2D eigenvalue weighted by molar-refractivity contribution is -0.117. The highest BCUT2D eigenvalue weighted by atomic mass is 35.5. The Bertz CT molecular complexity index is 1130. The Balaban J connectivity index is 1.89. The highest BCUT2D eigenvalue weighted by molar-refractivity contribution is 7.89. The van der Waals surface area contributed by atoms with Crippen LogP contribution in [0.2, 0.25) is 10.0 Å². The quantitative estimate of drug-likeness (QED) is 0.497. The van der Waals surface area contributed by atoms with Crippen LogP contribution in [-0.2, 0) is 21.2 Å². The maximum atomic E-state index is 13.1. The van der Waals surface area contributed by atoms with Gasteiger partial charge in [0.1, 0.15) is 11.8 Å². The highest BCUT2D eigenvalue weighted by Crippen LogP contribution is 2.30. The highest BCUT2D eigenvalue weighted by Gasteiger charge is 2.27. The van der Waals surface area contributed by atoms with E-state index in [0.717, 1.165) is 5.56 Å². The summed E-state index contributed by atoms with van der Waals surface area (Å²) in [5.41, 5.74) is 1.00. The van der Waals surface area contributed by atoms with Crippen LogP contribution in [0, 0.1) is 0 Å². The SMILES string of the molecule is COc1ccc(S(=O)(=O)NC(Cc2ccccc2)C(=O)Nc2c(Cl)cccc2Cl)cc1. The van der Waals surface area contributed by atoms with E-state index < -0.39 is 22.0 Å². The Kier molecular flexibility index (Phi) is 7.56. The Hall–Kier alpha value is -2.58. The van der Waals surface area contributed by atoms with E-state index in [1.807, 2.05) is 30.3 Å². The minimum Gasteiger partial charge on any atom is -0.497 e. The first-order valence-electron chi connectivity index (χ1n) is 9.25. The number of amides is 1. The smallest absolute Gasteiger partial charge is 0.242 e. The van der Waals surface area contributed by atoms with Crippen molar-refractivity contribution in [2.45, 2.75) is 17.4 Å². The number of hydrogen-bond acceptors (Lipinski definition) is 4. The second-order valence-electron chi connectivity index (χ2n) is 6.63. The van der Waals surface area contributed by atoms with E-state index in [1.54, 1.807) is 18.2 Å². The lowest BCUT2D eigenvalue weighted by Gasteiger charge is -2.20. The van der Waals surface area contributed by atoms with Gasteiger partial charge in [0.05, 0.1) is 27.7 Å². The molecule has 0 saturated carbocycles. The molecular weight excluding hydrogens is 459 g/mol. The molecule has 9 heteroatoms. The van der Waals surface area contributed by atoms with Crippen molar-refractivity contribution < 1.29 is 17.9 Å². The molecule has 0 bridgehead atoms. The van der Waals surface area contributed by atoms with Crippen molar-refractivity contribution in [1.82, 2.24) is 4.72 Å². The van der Waals surface area contributed by atoms with Gasteiger partial charge in [0, 0.05) is 0 Å². The molecule has 0 aliphatic heterocycles. The zero-order chi connectivity index (χ0) is 22.4. The van der Waals surface area contributed by atoms with Crippen LogP contribution >= 0.6 is 23.2 Å². The molecule has 0 radical (unpaired) electrons. The summed E-state index contributed by atoms with van der Waals surface area (Å²) in [5.74, 6) is -0.0678. The van der Waals surface area contributed by atoms with Gasteiger partial charge in [0.25, 0.3) is 0 Å². The van der Waals surface area contributed by atoms with Gasteiger partial charge in [0.2, 0.25) is 15.9 Å². The monoisotopic (exact) mass is 478 g/mol. The van der Waals surface area contributed by atoms with Crippen molar-refractivity contribution in [2.75, 3.05) is 12.4 Å². The normalized spacial score (nSPS) is 12.2. The zero-order valence-electron chi connectivity index (χ0n) is 16.5. The number of hydrogen-bond donors (Lipinski definition) is 2. The molecule has 0 aromatic heterocycles. The molecule has 0 heterocycles. The van der Waals surface area contributed by atoms with Crippen molar-refractivity contribution in [3.05, 3.63) is 88.4 Å². The van der Waals surface area contributed by atoms with Gasteiger partial charge < -0.3 is 10.1 Å². The summed E-state index contributed by atoms with van der Waals surface area (Å²) in [6.07, 6.45) is 0.129. The first-order chi connectivity index (χ1) is 14.8. The summed E-state index contributed by atoms with van der Waals surface area (Å²) in [6, 6.07) is 18.7. The van der Waals surface area contributed by atoms with Gasteiger partial charge in [0.15, 0.2) is 0 Å². The molecule has 1 atom stereocenters. The van der Waals surface area contributed by atoms with Crippen molar-refractivity contribution in [3.8, 4) is 5.75 Å². The van der Waals surface area contributed by atoms with E-state index in [1.165, 1.54) is 31.4 Å². The van der Waals surface area contributed by atoms with Crippen molar-refractivity contribution in [3.63, 3.8) is 0 Å². The summed E-state index contributed by atoms with van der Waals surface area (Å²) >= 11 is 12.3. The molecular formula is C22H20Cl2N2O4S. The number of anilines is 1. The van der Waals surface area contributed by atoms with Crippen molar-refractivity contribution in [1.29, 1.82) is 0 Å². The van der Waals surface area contributed by atoms with E-state index in [-0.39, 0.29) is 27.0 Å². The van der Waals surface area contributed by atoms with Crippen LogP contribution < -0.4 is 14.8 Å². The summed E-state index contributed by atoms with van der Waals surface area (Å²) in [7, 11) is -2.51. The summed E-state index contributed by atoms with van der Waals surface area (Å²) in [4.78, 5) is 13.1. The number of carbonyl (C=O) groups excluding carboxylic acids is 1. The molecule has 1 unspecified atom stereocenters. The standard InChI is InChI=1S/C22H20Cl2N2O4S/c1-30-16-10-12-17(13-11-16)31(28,29)26-20(14-15-6-3-2-4-7-15)22(27)25-21-18(23)8-5-9-19(21)24/h2-13,20,26H,14H2,1H3,(H,25,27). The number of nitrogens with one attached hydrogen (secondary N) is 2. The molecule has 0 fully saturated rings. The lowest BCUT2D eigenvalue weighted by Crippen LogP contribution is -2.45. The predicted octanol–water partition coefficient (Wildman–Crippen LogP) is 4.53. The fraction of sp³-hybridized carbons (Fsp3) is 0.136. The Morgan fingerprint density at radius 3 is 2.13 bits per heavy atom. The Morgan fingerprint density at radius 2 is 1.55 bits per heavy atom. The van der Waals surface area contributed by atoms with Gasteiger partial charge in [-0.15, -0.1) is 0 Å². The van der Waals surface area contributed by atoms with Gasteiger partial charge >= 0.3 is 0 Å². The second-order valence-corrected chi connectivity index (χ2v) is 9.15. The molecule has 0 spiro atoms. The molecule has 1 amide bonds. The zero-order valence-corrected chi connectivity index (χ0v) is 18.8. The molecule has 3 rings (SSSR count). The molecule has 3 aromatic rings. The molecule has 31 heavy (non-hydrogen) atoms. The Morgan fingerprint density at radius 1 is 0.935 bits per heavy atom. The van der Waals surface area contributed by atoms with Crippen LogP contribution in [-0.4, -0.2) is 27.5 Å². The van der Waals surface area contributed by atoms with Crippen molar-refractivity contribution >= 4 is 44.8 Å². The third-order valence-electron chi connectivity index (χ3n) is 4.48. The van der Waals surface area contributed by atoms with Crippen LogP contribution in [0.25, 0.3) is 0 Å². The minimum atomic E-state index is -3.99. The molecule has 0 aliphatic rings. The molecule has 0 saturated heterocycles. The van der Waals surface area contributed by atoms with E-state index in [9.17, 15) is 13.2 Å². The third kappa shape index (κ3) is 5.98. The number of halogens is 2. The topological polar surface area (TPSA) is 84.5 Å². The minimum absolute atomic E-state index is 0.00920. The van der Waals surface area contributed by atoms with E-state index in [0.29, 0.717) is 5.75 Å². The summed E-state index contributed by atoms with van der Waals surface area (Å²) < 4.78 is 33.4. The van der Waals surface area contributed by atoms with E-state index >= 15 is 0 Å². The largest absolute Gasteiger partial charge is 0.497 e. The summed E-state index contributed by atoms with van der Waals surface area (Å²) in [5, 5.41) is 3.14. The third-order valence-corrected chi connectivity index (χ3v) is 6.59. The van der Waals surface area contributed by atoms with Crippen LogP contribution in [0.5, 0.6) is 5.75 Å². The van der Waals surface area contributed by atoms with Crippen LogP contribution in [0.15, 0.2) is 77.7 Å². The number of methoxy groups -OCH3 is 1. The maximum absolute atomic E-state index is 13.1. The van der Waals surface area contributed by atoms with Crippen LogP contribution in [0.1, 0.15) is 5.56 Å².